The number of halogens is 2. The molecule has 0 amide bonds. The van der Waals surface area contributed by atoms with Crippen LogP contribution in [0, 0.1) is 0 Å². The summed E-state index contributed by atoms with van der Waals surface area (Å²) in [5, 5.41) is 5.08. The summed E-state index contributed by atoms with van der Waals surface area (Å²) in [6, 6.07) is 16.3. The van der Waals surface area contributed by atoms with Crippen molar-refractivity contribution in [2.75, 3.05) is 0 Å². The minimum absolute atomic E-state index is 0.700. The SMILES string of the molecule is Clc1c(Br)ccc2oc3cc4ccccc4cc3c12. The number of hydrogen-bond donors (Lipinski definition) is 0. The van der Waals surface area contributed by atoms with Gasteiger partial charge in [-0.2, -0.15) is 0 Å². The average Bonchev–Trinajstić information content (AvgIpc) is 2.78. The summed E-state index contributed by atoms with van der Waals surface area (Å²) in [5.41, 5.74) is 1.69. The van der Waals surface area contributed by atoms with Crippen molar-refractivity contribution >= 4 is 60.2 Å². The average molecular weight is 332 g/mol. The lowest BCUT2D eigenvalue weighted by Gasteiger charge is -1.98. The molecule has 0 aliphatic heterocycles. The molecule has 19 heavy (non-hydrogen) atoms. The lowest BCUT2D eigenvalue weighted by molar-refractivity contribution is 0.669. The van der Waals surface area contributed by atoms with Crippen LogP contribution in [0.2, 0.25) is 5.02 Å². The molecule has 0 atom stereocenters. The summed E-state index contributed by atoms with van der Waals surface area (Å²) < 4.78 is 6.78. The molecule has 3 heteroatoms. The van der Waals surface area contributed by atoms with Gasteiger partial charge in [0.25, 0.3) is 0 Å². The Morgan fingerprint density at radius 2 is 1.63 bits per heavy atom. The molecule has 0 spiro atoms. The predicted octanol–water partition coefficient (Wildman–Crippen LogP) is 6.16. The minimum Gasteiger partial charge on any atom is -0.456 e. The first kappa shape index (κ1) is 11.3. The van der Waals surface area contributed by atoms with Gasteiger partial charge in [-0.25, -0.2) is 0 Å². The minimum atomic E-state index is 0.700. The molecule has 0 saturated carbocycles. The molecular formula is C16H8BrClO. The third-order valence-corrected chi connectivity index (χ3v) is 4.68. The van der Waals surface area contributed by atoms with Gasteiger partial charge in [0.2, 0.25) is 0 Å². The van der Waals surface area contributed by atoms with Crippen molar-refractivity contribution in [3.63, 3.8) is 0 Å². The van der Waals surface area contributed by atoms with E-state index in [0.29, 0.717) is 5.02 Å². The Balaban J connectivity index is 2.28. The molecule has 1 aromatic heterocycles. The topological polar surface area (TPSA) is 13.1 Å². The zero-order valence-electron chi connectivity index (χ0n) is 9.78. The van der Waals surface area contributed by atoms with Crippen LogP contribution in [0.3, 0.4) is 0 Å². The van der Waals surface area contributed by atoms with E-state index in [1.54, 1.807) is 0 Å². The van der Waals surface area contributed by atoms with E-state index >= 15 is 0 Å². The molecule has 92 valence electrons. The van der Waals surface area contributed by atoms with Crippen LogP contribution >= 0.6 is 27.5 Å². The van der Waals surface area contributed by atoms with Gasteiger partial charge >= 0.3 is 0 Å². The van der Waals surface area contributed by atoms with Crippen molar-refractivity contribution in [3.05, 3.63) is 58.0 Å². The molecule has 1 heterocycles. The van der Waals surface area contributed by atoms with Crippen molar-refractivity contribution in [1.82, 2.24) is 0 Å². The molecule has 3 aromatic carbocycles. The van der Waals surface area contributed by atoms with Gasteiger partial charge in [0.05, 0.1) is 5.02 Å². The second-order valence-electron chi connectivity index (χ2n) is 4.53. The van der Waals surface area contributed by atoms with E-state index in [2.05, 4.69) is 40.2 Å². The quantitative estimate of drug-likeness (QED) is 0.376. The van der Waals surface area contributed by atoms with Gasteiger partial charge in [-0.15, -0.1) is 0 Å². The zero-order valence-corrected chi connectivity index (χ0v) is 12.1. The summed E-state index contributed by atoms with van der Waals surface area (Å²) >= 11 is 9.85. The third kappa shape index (κ3) is 1.60. The van der Waals surface area contributed by atoms with Gasteiger partial charge in [0, 0.05) is 15.2 Å². The fourth-order valence-electron chi connectivity index (χ4n) is 2.49. The maximum atomic E-state index is 6.39. The first-order valence-electron chi connectivity index (χ1n) is 5.93. The first-order chi connectivity index (χ1) is 9.24. The van der Waals surface area contributed by atoms with Crippen LogP contribution in [-0.2, 0) is 0 Å². The van der Waals surface area contributed by atoms with Crippen LogP contribution in [0.15, 0.2) is 57.4 Å². The summed E-state index contributed by atoms with van der Waals surface area (Å²) in [5.74, 6) is 0. The van der Waals surface area contributed by atoms with E-state index in [1.165, 1.54) is 10.8 Å². The van der Waals surface area contributed by atoms with E-state index < -0.39 is 0 Å². The number of benzene rings is 3. The highest BCUT2D eigenvalue weighted by molar-refractivity contribution is 9.10. The zero-order chi connectivity index (χ0) is 13.0. The molecular weight excluding hydrogens is 324 g/mol. The number of rotatable bonds is 0. The second-order valence-corrected chi connectivity index (χ2v) is 5.76. The Morgan fingerprint density at radius 3 is 2.42 bits per heavy atom. The van der Waals surface area contributed by atoms with Crippen molar-refractivity contribution in [3.8, 4) is 0 Å². The third-order valence-electron chi connectivity index (χ3n) is 3.39. The van der Waals surface area contributed by atoms with E-state index in [4.69, 9.17) is 16.0 Å². The Hall–Kier alpha value is -1.51. The molecule has 1 nitrogen and oxygen atoms in total. The van der Waals surface area contributed by atoms with Gasteiger partial charge in [0.1, 0.15) is 11.2 Å². The van der Waals surface area contributed by atoms with Crippen molar-refractivity contribution < 1.29 is 4.42 Å². The summed E-state index contributed by atoms with van der Waals surface area (Å²) in [6.07, 6.45) is 0. The Bertz CT molecular complexity index is 940. The van der Waals surface area contributed by atoms with Gasteiger partial charge in [0.15, 0.2) is 0 Å². The highest BCUT2D eigenvalue weighted by Gasteiger charge is 2.13. The van der Waals surface area contributed by atoms with E-state index in [-0.39, 0.29) is 0 Å². The molecule has 4 aromatic rings. The molecule has 0 N–H and O–H groups in total. The summed E-state index contributed by atoms with van der Waals surface area (Å²) in [7, 11) is 0. The molecule has 0 fully saturated rings. The molecule has 0 radical (unpaired) electrons. The van der Waals surface area contributed by atoms with Gasteiger partial charge in [-0.3, -0.25) is 0 Å². The van der Waals surface area contributed by atoms with Crippen molar-refractivity contribution in [1.29, 1.82) is 0 Å². The predicted molar refractivity (Wildman–Crippen MR) is 83.9 cm³/mol. The fraction of sp³-hybridized carbons (Fsp3) is 0. The highest BCUT2D eigenvalue weighted by Crippen LogP contribution is 2.39. The van der Waals surface area contributed by atoms with Gasteiger partial charge < -0.3 is 4.42 Å². The Kier molecular flexibility index (Phi) is 2.38. The van der Waals surface area contributed by atoms with Crippen LogP contribution < -0.4 is 0 Å². The Morgan fingerprint density at radius 1 is 0.895 bits per heavy atom. The van der Waals surface area contributed by atoms with Crippen LogP contribution in [0.25, 0.3) is 32.7 Å². The summed E-state index contributed by atoms with van der Waals surface area (Å²) in [6.45, 7) is 0. The van der Waals surface area contributed by atoms with E-state index in [9.17, 15) is 0 Å². The van der Waals surface area contributed by atoms with Crippen LogP contribution in [0.4, 0.5) is 0 Å². The molecule has 4 rings (SSSR count). The smallest absolute Gasteiger partial charge is 0.137 e. The fourth-order valence-corrected chi connectivity index (χ4v) is 3.07. The molecule has 0 bridgehead atoms. The van der Waals surface area contributed by atoms with Crippen LogP contribution in [0.5, 0.6) is 0 Å². The lowest BCUT2D eigenvalue weighted by Crippen LogP contribution is -1.74. The molecule has 0 aliphatic carbocycles. The van der Waals surface area contributed by atoms with E-state index in [1.807, 2.05) is 24.3 Å². The number of hydrogen-bond acceptors (Lipinski definition) is 1. The normalized spacial score (nSPS) is 11.7. The standard InChI is InChI=1S/C16H8BrClO/c17-12-5-6-13-15(16(12)18)11-7-9-3-1-2-4-10(9)8-14(11)19-13/h1-8H. The maximum Gasteiger partial charge on any atom is 0.137 e. The summed E-state index contributed by atoms with van der Waals surface area (Å²) in [4.78, 5) is 0. The molecule has 0 aliphatic rings. The molecule has 0 unspecified atom stereocenters. The maximum absolute atomic E-state index is 6.39. The number of furan rings is 1. The van der Waals surface area contributed by atoms with Gasteiger partial charge in [-0.1, -0.05) is 35.9 Å². The second kappa shape index (κ2) is 3.99. The Labute approximate surface area is 122 Å². The number of fused-ring (bicyclic) bond motifs is 4. The molecule has 0 saturated heterocycles. The largest absolute Gasteiger partial charge is 0.456 e. The van der Waals surface area contributed by atoms with Crippen molar-refractivity contribution in [2.45, 2.75) is 0 Å². The first-order valence-corrected chi connectivity index (χ1v) is 7.10. The van der Waals surface area contributed by atoms with E-state index in [0.717, 1.165) is 26.4 Å². The van der Waals surface area contributed by atoms with Crippen molar-refractivity contribution in [2.24, 2.45) is 0 Å². The van der Waals surface area contributed by atoms with Crippen LogP contribution in [0.1, 0.15) is 0 Å². The highest BCUT2D eigenvalue weighted by atomic mass is 79.9. The monoisotopic (exact) mass is 330 g/mol. The van der Waals surface area contributed by atoms with Gasteiger partial charge in [-0.05, 0) is 51.0 Å². The lowest BCUT2D eigenvalue weighted by atomic mass is 10.1. The van der Waals surface area contributed by atoms with Crippen LogP contribution in [-0.4, -0.2) is 0 Å².